The smallest absolute Gasteiger partial charge is 0.277 e. The van der Waals surface area contributed by atoms with Gasteiger partial charge in [0, 0.05) is 17.7 Å². The minimum Gasteiger partial charge on any atom is -0.341 e. The largest absolute Gasteiger partial charge is 0.341 e. The summed E-state index contributed by atoms with van der Waals surface area (Å²) in [7, 11) is 2.10. The lowest BCUT2D eigenvalue weighted by Crippen LogP contribution is -2.41. The maximum atomic E-state index is 13.3. The molecule has 0 aliphatic carbocycles. The number of aromatic amines is 2. The Morgan fingerprint density at radius 2 is 1.61 bits per heavy atom. The summed E-state index contributed by atoms with van der Waals surface area (Å²) >= 11 is 0. The van der Waals surface area contributed by atoms with Crippen LogP contribution in [0.5, 0.6) is 0 Å². The van der Waals surface area contributed by atoms with Gasteiger partial charge in [-0.05, 0) is 71.8 Å². The zero-order valence-corrected chi connectivity index (χ0v) is 26.2. The monoisotopic (exact) mass is 607 g/mol. The van der Waals surface area contributed by atoms with Crippen LogP contribution in [0.3, 0.4) is 0 Å². The minimum absolute atomic E-state index is 0.0551. The average molecular weight is 608 g/mol. The molecule has 2 aromatic heterocycles. The Hall–Kier alpha value is -5.01. The molecule has 0 bridgehead atoms. The van der Waals surface area contributed by atoms with Gasteiger partial charge in [0.2, 0.25) is 5.91 Å². The number of amides is 1. The minimum atomic E-state index is 0.0551. The fourth-order valence-corrected chi connectivity index (χ4v) is 7.46. The summed E-state index contributed by atoms with van der Waals surface area (Å²) in [6.07, 6.45) is 8.78. The van der Waals surface area contributed by atoms with E-state index in [9.17, 15) is 4.79 Å². The molecule has 8 rings (SSSR count). The summed E-state index contributed by atoms with van der Waals surface area (Å²) in [5.74, 6) is 2.29. The molecule has 4 aromatic carbocycles. The third-order valence-corrected chi connectivity index (χ3v) is 9.86. The van der Waals surface area contributed by atoms with Crippen molar-refractivity contribution in [3.8, 4) is 33.6 Å². The van der Waals surface area contributed by atoms with Gasteiger partial charge in [-0.3, -0.25) is 4.79 Å². The average Bonchev–Trinajstić information content (AvgIpc) is 3.92. The second-order valence-electron chi connectivity index (χ2n) is 12.6. The molecule has 6 aromatic rings. The predicted octanol–water partition coefficient (Wildman–Crippen LogP) is 7.05. The number of hydrogen-bond acceptors (Lipinski definition) is 3. The lowest BCUT2D eigenvalue weighted by Gasteiger charge is -2.22. The van der Waals surface area contributed by atoms with Crippen LogP contribution in [0.25, 0.3) is 44.4 Å². The van der Waals surface area contributed by atoms with Gasteiger partial charge < -0.3 is 15.2 Å². The lowest BCUT2D eigenvalue weighted by molar-refractivity contribution is -0.669. The lowest BCUT2D eigenvalue weighted by atomic mass is 9.93. The molecule has 46 heavy (non-hydrogen) atoms. The van der Waals surface area contributed by atoms with E-state index in [1.54, 1.807) is 0 Å². The Kier molecular flexibility index (Phi) is 7.46. The third kappa shape index (κ3) is 5.20. The fourth-order valence-electron chi connectivity index (χ4n) is 7.46. The molecule has 0 spiro atoms. The van der Waals surface area contributed by atoms with E-state index >= 15 is 0 Å². The van der Waals surface area contributed by atoms with E-state index in [-0.39, 0.29) is 11.9 Å². The number of carbonyl (C=O) groups is 1. The Morgan fingerprint density at radius 1 is 0.870 bits per heavy atom. The van der Waals surface area contributed by atoms with Crippen molar-refractivity contribution in [2.24, 2.45) is 7.05 Å². The SMILES string of the molecule is C[n+]1c(-c2ccc(-c3ccc(-c4cnc([C@@H]5CCCN5)[nH]4)c4ccccc34)cc2)c[nH]c1[C@@H]1CCCN1C(=O)Cc1ccccc1. The topological polar surface area (TPSA) is 80.7 Å². The van der Waals surface area contributed by atoms with Gasteiger partial charge in [-0.25, -0.2) is 14.5 Å². The first-order valence-electron chi connectivity index (χ1n) is 16.5. The molecule has 2 aliphatic rings. The van der Waals surface area contributed by atoms with Gasteiger partial charge in [-0.1, -0.05) is 78.9 Å². The first-order valence-corrected chi connectivity index (χ1v) is 16.5. The van der Waals surface area contributed by atoms with Gasteiger partial charge >= 0.3 is 0 Å². The van der Waals surface area contributed by atoms with Gasteiger partial charge in [0.1, 0.15) is 18.1 Å². The number of rotatable bonds is 7. The molecule has 4 heterocycles. The molecule has 0 radical (unpaired) electrons. The summed E-state index contributed by atoms with van der Waals surface area (Å²) in [5.41, 5.74) is 7.92. The van der Waals surface area contributed by atoms with Crippen molar-refractivity contribution in [3.05, 3.63) is 121 Å². The van der Waals surface area contributed by atoms with Crippen LogP contribution in [0.1, 0.15) is 55.0 Å². The Bertz CT molecular complexity index is 2000. The molecule has 230 valence electrons. The number of fused-ring (bicyclic) bond motifs is 1. The van der Waals surface area contributed by atoms with Crippen LogP contribution in [-0.4, -0.2) is 38.8 Å². The molecule has 0 saturated carbocycles. The molecule has 2 fully saturated rings. The quantitative estimate of drug-likeness (QED) is 0.170. The first-order chi connectivity index (χ1) is 22.6. The molecule has 7 heteroatoms. The van der Waals surface area contributed by atoms with Crippen molar-refractivity contribution in [1.82, 2.24) is 25.2 Å². The first kappa shape index (κ1) is 28.5. The number of imidazole rings is 2. The second kappa shape index (κ2) is 12.1. The van der Waals surface area contributed by atoms with Crippen molar-refractivity contribution in [2.75, 3.05) is 13.1 Å². The summed E-state index contributed by atoms with van der Waals surface area (Å²) in [5, 5.41) is 5.97. The standard InChI is InChI=1S/C39H38N6O/c1-44-36(25-42-39(44)35-14-8-22-45(35)37(46)23-26-9-3-2-4-10-26)28-17-15-27(16-18-28)29-19-20-32(31-12-6-5-11-30(29)31)34-24-41-38(43-34)33-13-7-21-40-33/h2-6,9-12,15-20,24-25,33,35,40H,7-8,13-14,21-23H2,1H3,(H,41,43)/p+1/t33-,35-/m0/s1. The zero-order valence-electron chi connectivity index (χ0n) is 26.2. The van der Waals surface area contributed by atoms with Crippen LogP contribution in [0.15, 0.2) is 103 Å². The maximum Gasteiger partial charge on any atom is 0.277 e. The highest BCUT2D eigenvalue weighted by Gasteiger charge is 2.36. The number of nitrogens with one attached hydrogen (secondary N) is 3. The summed E-state index contributed by atoms with van der Waals surface area (Å²) in [4.78, 5) is 27.2. The zero-order chi connectivity index (χ0) is 31.0. The van der Waals surface area contributed by atoms with Gasteiger partial charge in [0.25, 0.3) is 5.82 Å². The van der Waals surface area contributed by atoms with E-state index in [0.29, 0.717) is 12.5 Å². The van der Waals surface area contributed by atoms with E-state index in [1.807, 2.05) is 36.5 Å². The van der Waals surface area contributed by atoms with Crippen molar-refractivity contribution < 1.29 is 9.36 Å². The highest BCUT2D eigenvalue weighted by atomic mass is 16.2. The van der Waals surface area contributed by atoms with Crippen molar-refractivity contribution in [1.29, 1.82) is 0 Å². The van der Waals surface area contributed by atoms with Crippen LogP contribution >= 0.6 is 0 Å². The number of hydrogen-bond donors (Lipinski definition) is 3. The van der Waals surface area contributed by atoms with E-state index in [4.69, 9.17) is 4.98 Å². The highest BCUT2D eigenvalue weighted by molar-refractivity contribution is 6.04. The Morgan fingerprint density at radius 3 is 2.39 bits per heavy atom. The molecule has 3 N–H and O–H groups in total. The van der Waals surface area contributed by atoms with E-state index in [2.05, 4.69) is 98.7 Å². The van der Waals surface area contributed by atoms with Gasteiger partial charge in [-0.2, -0.15) is 0 Å². The Labute approximate surface area is 269 Å². The summed E-state index contributed by atoms with van der Waals surface area (Å²) in [6.45, 7) is 1.85. The highest BCUT2D eigenvalue weighted by Crippen LogP contribution is 2.37. The van der Waals surface area contributed by atoms with Crippen LogP contribution in [-0.2, 0) is 18.3 Å². The number of benzene rings is 4. The maximum absolute atomic E-state index is 13.3. The van der Waals surface area contributed by atoms with Gasteiger partial charge in [-0.15, -0.1) is 0 Å². The molecule has 2 aliphatic heterocycles. The molecule has 1 amide bonds. The van der Waals surface area contributed by atoms with E-state index in [1.165, 1.54) is 33.9 Å². The summed E-state index contributed by atoms with van der Waals surface area (Å²) in [6, 6.07) is 32.3. The van der Waals surface area contributed by atoms with Crippen molar-refractivity contribution in [2.45, 2.75) is 44.2 Å². The Balaban J connectivity index is 1.05. The number of nitrogens with zero attached hydrogens (tertiary/aromatic N) is 3. The molecule has 0 unspecified atom stereocenters. The molecule has 2 saturated heterocycles. The number of likely N-dealkylation sites (tertiary alicyclic amines) is 1. The third-order valence-electron chi connectivity index (χ3n) is 9.86. The summed E-state index contributed by atoms with van der Waals surface area (Å²) < 4.78 is 2.22. The van der Waals surface area contributed by atoms with Gasteiger partial charge in [0.05, 0.1) is 31.4 Å². The van der Waals surface area contributed by atoms with Crippen LogP contribution < -0.4 is 9.88 Å². The van der Waals surface area contributed by atoms with Crippen molar-refractivity contribution >= 4 is 16.7 Å². The van der Waals surface area contributed by atoms with E-state index < -0.39 is 0 Å². The normalized spacial score (nSPS) is 18.1. The van der Waals surface area contributed by atoms with Crippen molar-refractivity contribution in [3.63, 3.8) is 0 Å². The number of H-pyrrole nitrogens is 2. The number of aromatic nitrogens is 4. The number of carbonyl (C=O) groups excluding carboxylic acids is 1. The molecular weight excluding hydrogens is 568 g/mol. The van der Waals surface area contributed by atoms with Gasteiger partial charge in [0.15, 0.2) is 5.69 Å². The molecular formula is C39H39N6O+. The fraction of sp³-hybridized carbons (Fsp3) is 0.256. The second-order valence-corrected chi connectivity index (χ2v) is 12.6. The van der Waals surface area contributed by atoms with E-state index in [0.717, 1.165) is 66.5 Å². The van der Waals surface area contributed by atoms with Crippen LogP contribution in [0.4, 0.5) is 0 Å². The molecule has 2 atom stereocenters. The van der Waals surface area contributed by atoms with Crippen LogP contribution in [0.2, 0.25) is 0 Å². The molecule has 7 nitrogen and oxygen atoms in total. The predicted molar refractivity (Wildman–Crippen MR) is 182 cm³/mol. The van der Waals surface area contributed by atoms with Crippen LogP contribution in [0, 0.1) is 0 Å².